The van der Waals surface area contributed by atoms with Gasteiger partial charge in [0.15, 0.2) is 7.14 Å². The highest BCUT2D eigenvalue weighted by molar-refractivity contribution is 8.08. The highest BCUT2D eigenvalue weighted by Gasteiger charge is 2.36. The minimum absolute atomic E-state index is 0.107. The Morgan fingerprint density at radius 1 is 0.875 bits per heavy atom. The van der Waals surface area contributed by atoms with E-state index in [9.17, 15) is 4.57 Å². The van der Waals surface area contributed by atoms with E-state index in [2.05, 4.69) is 38.1 Å². The van der Waals surface area contributed by atoms with Gasteiger partial charge in [-0.15, -0.1) is 0 Å². The number of benzene rings is 3. The molecule has 0 radical (unpaired) electrons. The Hall–Kier alpha value is -1.50. The van der Waals surface area contributed by atoms with Crippen molar-refractivity contribution >= 4 is 40.3 Å². The molecule has 2 atom stereocenters. The standard InChI is InChI=1S/C21H23OPS/c1-3-21(24-4-2)23(22,18-13-6-5-7-14-18)20-16-10-12-17-11-8-9-15-19(17)20/h5-16,21H,3-4H2,1-2H3. The lowest BCUT2D eigenvalue weighted by Gasteiger charge is -2.28. The maximum Gasteiger partial charge on any atom is 0.156 e. The largest absolute Gasteiger partial charge is 0.312 e. The summed E-state index contributed by atoms with van der Waals surface area (Å²) in [5, 5.41) is 4.23. The van der Waals surface area contributed by atoms with E-state index in [0.717, 1.165) is 33.6 Å². The third kappa shape index (κ3) is 3.06. The van der Waals surface area contributed by atoms with E-state index < -0.39 is 7.14 Å². The second kappa shape index (κ2) is 7.59. The molecule has 2 unspecified atom stereocenters. The van der Waals surface area contributed by atoms with Crippen molar-refractivity contribution in [1.29, 1.82) is 0 Å². The predicted molar refractivity (Wildman–Crippen MR) is 109 cm³/mol. The fourth-order valence-electron chi connectivity index (χ4n) is 3.28. The van der Waals surface area contributed by atoms with E-state index in [1.54, 1.807) is 0 Å². The average Bonchev–Trinajstić information content (AvgIpc) is 2.65. The molecule has 124 valence electrons. The van der Waals surface area contributed by atoms with Gasteiger partial charge in [0, 0.05) is 10.6 Å². The maximum absolute atomic E-state index is 14.5. The van der Waals surface area contributed by atoms with Gasteiger partial charge in [0.05, 0.1) is 4.99 Å². The predicted octanol–water partition coefficient (Wildman–Crippen LogP) is 5.64. The van der Waals surface area contributed by atoms with Crippen LogP contribution in [0.25, 0.3) is 10.8 Å². The molecule has 3 heteroatoms. The van der Waals surface area contributed by atoms with E-state index in [1.807, 2.05) is 60.3 Å². The molecule has 3 rings (SSSR count). The van der Waals surface area contributed by atoms with Gasteiger partial charge in [-0.2, -0.15) is 11.8 Å². The van der Waals surface area contributed by atoms with Gasteiger partial charge in [0.25, 0.3) is 0 Å². The number of rotatable bonds is 6. The first-order valence-electron chi connectivity index (χ1n) is 8.47. The van der Waals surface area contributed by atoms with E-state index >= 15 is 0 Å². The van der Waals surface area contributed by atoms with Gasteiger partial charge < -0.3 is 4.57 Å². The van der Waals surface area contributed by atoms with Crippen molar-refractivity contribution in [2.24, 2.45) is 0 Å². The van der Waals surface area contributed by atoms with Crippen LogP contribution >= 0.6 is 18.9 Å². The van der Waals surface area contributed by atoms with Crippen LogP contribution in [0.5, 0.6) is 0 Å². The molecule has 0 fully saturated rings. The van der Waals surface area contributed by atoms with Crippen molar-refractivity contribution < 1.29 is 4.57 Å². The third-order valence-corrected chi connectivity index (χ3v) is 10.1. The van der Waals surface area contributed by atoms with Crippen molar-refractivity contribution in [3.05, 3.63) is 72.8 Å². The van der Waals surface area contributed by atoms with Gasteiger partial charge in [0.1, 0.15) is 0 Å². The zero-order chi connectivity index (χ0) is 17.0. The van der Waals surface area contributed by atoms with Crippen LogP contribution in [0, 0.1) is 0 Å². The molecule has 0 N–H and O–H groups in total. The Labute approximate surface area is 148 Å². The molecule has 0 saturated carbocycles. The number of hydrogen-bond acceptors (Lipinski definition) is 2. The molecule has 3 aromatic rings. The first kappa shape index (κ1) is 17.3. The molecular weight excluding hydrogens is 331 g/mol. The van der Waals surface area contributed by atoms with Crippen LogP contribution in [0.15, 0.2) is 72.8 Å². The Morgan fingerprint density at radius 2 is 1.54 bits per heavy atom. The lowest BCUT2D eigenvalue weighted by Crippen LogP contribution is -2.24. The monoisotopic (exact) mass is 354 g/mol. The lowest BCUT2D eigenvalue weighted by atomic mass is 10.1. The van der Waals surface area contributed by atoms with Crippen molar-refractivity contribution in [1.82, 2.24) is 0 Å². The summed E-state index contributed by atoms with van der Waals surface area (Å²) in [6.45, 7) is 4.29. The van der Waals surface area contributed by atoms with Crippen LogP contribution in [0.2, 0.25) is 0 Å². The van der Waals surface area contributed by atoms with Gasteiger partial charge >= 0.3 is 0 Å². The van der Waals surface area contributed by atoms with Gasteiger partial charge in [-0.25, -0.2) is 0 Å². The summed E-state index contributed by atoms with van der Waals surface area (Å²) in [6.07, 6.45) is 0.897. The molecule has 1 nitrogen and oxygen atoms in total. The molecular formula is C21H23OPS. The number of hydrogen-bond donors (Lipinski definition) is 0. The number of fused-ring (bicyclic) bond motifs is 1. The Balaban J connectivity index is 2.30. The summed E-state index contributed by atoms with van der Waals surface area (Å²) < 4.78 is 14.5. The second-order valence-electron chi connectivity index (χ2n) is 5.81. The molecule has 0 aliphatic rings. The molecule has 0 aliphatic heterocycles. The average molecular weight is 354 g/mol. The second-order valence-corrected chi connectivity index (χ2v) is 10.6. The fourth-order valence-corrected chi connectivity index (χ4v) is 8.81. The molecule has 24 heavy (non-hydrogen) atoms. The van der Waals surface area contributed by atoms with Crippen LogP contribution in [0.4, 0.5) is 0 Å². The molecule has 0 aliphatic carbocycles. The minimum atomic E-state index is -2.73. The lowest BCUT2D eigenvalue weighted by molar-refractivity contribution is 0.584. The zero-order valence-corrected chi connectivity index (χ0v) is 15.9. The van der Waals surface area contributed by atoms with Gasteiger partial charge in [-0.3, -0.25) is 0 Å². The molecule has 0 amide bonds. The summed E-state index contributed by atoms with van der Waals surface area (Å²) in [5.41, 5.74) is 0. The highest BCUT2D eigenvalue weighted by Crippen LogP contribution is 2.55. The Kier molecular flexibility index (Phi) is 5.48. The highest BCUT2D eigenvalue weighted by atomic mass is 32.2. The maximum atomic E-state index is 14.5. The van der Waals surface area contributed by atoms with Crippen LogP contribution in [-0.2, 0) is 4.57 Å². The van der Waals surface area contributed by atoms with Crippen LogP contribution < -0.4 is 10.6 Å². The third-order valence-electron chi connectivity index (χ3n) is 4.38. The molecule has 0 heterocycles. The fraction of sp³-hybridized carbons (Fsp3) is 0.238. The zero-order valence-electron chi connectivity index (χ0n) is 14.2. The van der Waals surface area contributed by atoms with E-state index in [1.165, 1.54) is 0 Å². The van der Waals surface area contributed by atoms with E-state index in [4.69, 9.17) is 0 Å². The SMILES string of the molecule is CCSC(CC)P(=O)(c1ccccc1)c1cccc2ccccc12. The van der Waals surface area contributed by atoms with Crippen LogP contribution in [0.1, 0.15) is 20.3 Å². The van der Waals surface area contributed by atoms with E-state index in [0.29, 0.717) is 0 Å². The van der Waals surface area contributed by atoms with Gasteiger partial charge in [-0.1, -0.05) is 86.6 Å². The van der Waals surface area contributed by atoms with Crippen molar-refractivity contribution in [3.63, 3.8) is 0 Å². The summed E-state index contributed by atoms with van der Waals surface area (Å²) in [7, 11) is -2.73. The van der Waals surface area contributed by atoms with Crippen molar-refractivity contribution in [3.8, 4) is 0 Å². The van der Waals surface area contributed by atoms with E-state index in [-0.39, 0.29) is 4.99 Å². The summed E-state index contributed by atoms with van der Waals surface area (Å²) in [4.78, 5) is 0.107. The first-order chi connectivity index (χ1) is 11.7. The topological polar surface area (TPSA) is 17.1 Å². The smallest absolute Gasteiger partial charge is 0.156 e. The first-order valence-corrected chi connectivity index (χ1v) is 11.3. The Bertz CT molecular complexity index is 855. The minimum Gasteiger partial charge on any atom is -0.312 e. The molecule has 0 bridgehead atoms. The van der Waals surface area contributed by atoms with Crippen LogP contribution in [-0.4, -0.2) is 10.7 Å². The van der Waals surface area contributed by atoms with Gasteiger partial charge in [0.2, 0.25) is 0 Å². The molecule has 0 saturated heterocycles. The molecule has 3 aromatic carbocycles. The Morgan fingerprint density at radius 3 is 2.25 bits per heavy atom. The van der Waals surface area contributed by atoms with Crippen molar-refractivity contribution in [2.75, 3.05) is 5.75 Å². The molecule has 0 spiro atoms. The summed E-state index contributed by atoms with van der Waals surface area (Å²) >= 11 is 1.82. The normalized spacial score (nSPS) is 15.1. The van der Waals surface area contributed by atoms with Gasteiger partial charge in [-0.05, 0) is 22.9 Å². The quantitative estimate of drug-likeness (QED) is 0.533. The van der Waals surface area contributed by atoms with Crippen molar-refractivity contribution in [2.45, 2.75) is 25.3 Å². The summed E-state index contributed by atoms with van der Waals surface area (Å²) in [5.74, 6) is 0.972. The molecule has 0 aromatic heterocycles. The number of thioether (sulfide) groups is 1. The van der Waals surface area contributed by atoms with Crippen LogP contribution in [0.3, 0.4) is 0 Å². The summed E-state index contributed by atoms with van der Waals surface area (Å²) in [6, 6.07) is 24.5.